The van der Waals surface area contributed by atoms with Crippen molar-refractivity contribution in [1.29, 1.82) is 0 Å². The fourth-order valence-corrected chi connectivity index (χ4v) is 3.56. The maximum Gasteiger partial charge on any atom is 0.410 e. The number of Topliss-reactive ketones (excluding diaryl/α,β-unsaturated/α-hetero) is 1. The summed E-state index contributed by atoms with van der Waals surface area (Å²) >= 11 is 0. The van der Waals surface area contributed by atoms with E-state index in [0.29, 0.717) is 12.0 Å². The zero-order chi connectivity index (χ0) is 25.5. The largest absolute Gasteiger partial charge is 0.465 e. The van der Waals surface area contributed by atoms with E-state index < -0.39 is 35.6 Å². The first-order chi connectivity index (χ1) is 15.9. The van der Waals surface area contributed by atoms with Gasteiger partial charge < -0.3 is 14.6 Å². The van der Waals surface area contributed by atoms with E-state index in [1.54, 1.807) is 20.8 Å². The van der Waals surface area contributed by atoms with Crippen molar-refractivity contribution < 1.29 is 29.0 Å². The molecule has 0 saturated carbocycles. The van der Waals surface area contributed by atoms with Crippen LogP contribution in [0.2, 0.25) is 0 Å². The van der Waals surface area contributed by atoms with Crippen LogP contribution in [0.25, 0.3) is 0 Å². The molecule has 2 aromatic rings. The minimum atomic E-state index is -1.48. The molecule has 34 heavy (non-hydrogen) atoms. The Balaban J connectivity index is 2.40. The minimum Gasteiger partial charge on any atom is -0.465 e. The molecule has 0 spiro atoms. The van der Waals surface area contributed by atoms with E-state index in [2.05, 4.69) is 4.74 Å². The number of carbonyl (C=O) groups is 3. The minimum absolute atomic E-state index is 0.0925. The van der Waals surface area contributed by atoms with Crippen LogP contribution in [0.4, 0.5) is 4.79 Å². The Hall–Kier alpha value is -3.19. The fourth-order valence-electron chi connectivity index (χ4n) is 3.56. The summed E-state index contributed by atoms with van der Waals surface area (Å²) in [5, 5.41) is 11.2. The van der Waals surface area contributed by atoms with E-state index in [4.69, 9.17) is 4.74 Å². The van der Waals surface area contributed by atoms with Gasteiger partial charge in [-0.25, -0.2) is 9.59 Å². The van der Waals surface area contributed by atoms with E-state index in [1.165, 1.54) is 36.3 Å². The summed E-state index contributed by atoms with van der Waals surface area (Å²) in [6, 6.07) is 14.4. The van der Waals surface area contributed by atoms with Gasteiger partial charge in [-0.3, -0.25) is 9.69 Å². The van der Waals surface area contributed by atoms with Gasteiger partial charge in [0.05, 0.1) is 18.7 Å². The smallest absolute Gasteiger partial charge is 0.410 e. The number of hydrogen-bond acceptors (Lipinski definition) is 6. The van der Waals surface area contributed by atoms with Crippen LogP contribution in [-0.4, -0.2) is 52.7 Å². The van der Waals surface area contributed by atoms with E-state index >= 15 is 0 Å². The molecule has 0 aromatic heterocycles. The second-order valence-electron chi connectivity index (χ2n) is 9.67. The number of ketones is 1. The number of hydrogen-bond donors (Lipinski definition) is 1. The molecule has 7 heteroatoms. The number of rotatable bonds is 9. The van der Waals surface area contributed by atoms with Crippen molar-refractivity contribution in [2.45, 2.75) is 65.3 Å². The first-order valence-electron chi connectivity index (χ1n) is 11.4. The Morgan fingerprint density at radius 3 is 2.00 bits per heavy atom. The molecule has 1 amide bonds. The van der Waals surface area contributed by atoms with Gasteiger partial charge in [0.15, 0.2) is 5.78 Å². The fraction of sp³-hybridized carbons (Fsp3) is 0.444. The van der Waals surface area contributed by atoms with E-state index in [-0.39, 0.29) is 18.0 Å². The van der Waals surface area contributed by atoms with Crippen LogP contribution in [0.3, 0.4) is 0 Å². The highest BCUT2D eigenvalue weighted by Gasteiger charge is 2.37. The molecule has 2 aromatic carbocycles. The van der Waals surface area contributed by atoms with Gasteiger partial charge >= 0.3 is 12.1 Å². The van der Waals surface area contributed by atoms with Gasteiger partial charge in [0.1, 0.15) is 11.7 Å². The summed E-state index contributed by atoms with van der Waals surface area (Å²) in [5.74, 6) is -0.963. The second kappa shape index (κ2) is 11.8. The first-order valence-corrected chi connectivity index (χ1v) is 11.4. The second-order valence-corrected chi connectivity index (χ2v) is 9.67. The number of aliphatic hydroxyl groups excluding tert-OH is 1. The highest BCUT2D eigenvalue weighted by Crippen LogP contribution is 2.24. The van der Waals surface area contributed by atoms with E-state index in [1.807, 2.05) is 44.2 Å². The van der Waals surface area contributed by atoms with E-state index in [9.17, 15) is 19.5 Å². The maximum absolute atomic E-state index is 13.2. The summed E-state index contributed by atoms with van der Waals surface area (Å²) in [4.78, 5) is 39.6. The highest BCUT2D eigenvalue weighted by molar-refractivity contribution is 6.01. The third kappa shape index (κ3) is 7.70. The number of aliphatic hydroxyl groups is 1. The molecule has 7 nitrogen and oxygen atoms in total. The van der Waals surface area contributed by atoms with Gasteiger partial charge in [-0.1, -0.05) is 56.3 Å². The molecular formula is C27H35NO6. The molecule has 0 unspecified atom stereocenters. The van der Waals surface area contributed by atoms with Crippen molar-refractivity contribution in [2.75, 3.05) is 7.11 Å². The number of ether oxygens (including phenoxy) is 2. The Morgan fingerprint density at radius 2 is 1.50 bits per heavy atom. The van der Waals surface area contributed by atoms with Gasteiger partial charge in [-0.2, -0.15) is 0 Å². The summed E-state index contributed by atoms with van der Waals surface area (Å²) in [6.07, 6.45) is -1.70. The monoisotopic (exact) mass is 469 g/mol. The lowest BCUT2D eigenvalue weighted by Crippen LogP contribution is -2.51. The van der Waals surface area contributed by atoms with Gasteiger partial charge in [0.25, 0.3) is 0 Å². The molecule has 0 aliphatic carbocycles. The third-order valence-corrected chi connectivity index (χ3v) is 5.16. The number of esters is 1. The average molecular weight is 470 g/mol. The normalized spacial score (nSPS) is 13.2. The number of nitrogens with zero attached hydrogens (tertiary/aromatic N) is 1. The molecule has 0 bridgehead atoms. The van der Waals surface area contributed by atoms with Crippen molar-refractivity contribution >= 4 is 17.8 Å². The lowest BCUT2D eigenvalue weighted by atomic mass is 9.92. The summed E-state index contributed by atoms with van der Waals surface area (Å²) in [5.41, 5.74) is 0.640. The molecule has 0 fully saturated rings. The molecule has 2 rings (SSSR count). The van der Waals surface area contributed by atoms with Crippen LogP contribution in [0.5, 0.6) is 0 Å². The molecule has 1 N–H and O–H groups in total. The predicted octanol–water partition coefficient (Wildman–Crippen LogP) is 4.87. The Morgan fingerprint density at radius 1 is 0.941 bits per heavy atom. The van der Waals surface area contributed by atoms with Crippen LogP contribution in [-0.2, 0) is 16.0 Å². The lowest BCUT2D eigenvalue weighted by molar-refractivity contribution is -0.00906. The van der Waals surface area contributed by atoms with Gasteiger partial charge in [-0.15, -0.1) is 0 Å². The van der Waals surface area contributed by atoms with Gasteiger partial charge in [0, 0.05) is 12.1 Å². The highest BCUT2D eigenvalue weighted by atomic mass is 16.6. The van der Waals surface area contributed by atoms with Crippen molar-refractivity contribution in [1.82, 2.24) is 4.90 Å². The topological polar surface area (TPSA) is 93.1 Å². The molecular weight excluding hydrogens is 434 g/mol. The summed E-state index contributed by atoms with van der Waals surface area (Å²) in [7, 11) is 1.28. The Bertz CT molecular complexity index is 963. The third-order valence-electron chi connectivity index (χ3n) is 5.16. The van der Waals surface area contributed by atoms with Crippen LogP contribution >= 0.6 is 0 Å². The number of benzene rings is 2. The van der Waals surface area contributed by atoms with Crippen molar-refractivity contribution in [3.63, 3.8) is 0 Å². The zero-order valence-corrected chi connectivity index (χ0v) is 20.8. The number of methoxy groups -OCH3 is 1. The van der Waals surface area contributed by atoms with E-state index in [0.717, 1.165) is 5.56 Å². The molecule has 0 aliphatic heterocycles. The van der Waals surface area contributed by atoms with Gasteiger partial charge in [0.2, 0.25) is 0 Å². The zero-order valence-electron chi connectivity index (χ0n) is 20.8. The van der Waals surface area contributed by atoms with Crippen LogP contribution in [0, 0.1) is 5.92 Å². The molecule has 0 aliphatic rings. The Labute approximate surface area is 201 Å². The average Bonchev–Trinajstić information content (AvgIpc) is 2.79. The number of amides is 1. The van der Waals surface area contributed by atoms with Crippen molar-refractivity contribution in [3.8, 4) is 0 Å². The van der Waals surface area contributed by atoms with Gasteiger partial charge in [-0.05, 0) is 50.8 Å². The molecule has 0 saturated heterocycles. The van der Waals surface area contributed by atoms with Crippen LogP contribution in [0.15, 0.2) is 54.6 Å². The number of carbonyl (C=O) groups excluding carboxylic acids is 3. The first kappa shape index (κ1) is 27.1. The van der Waals surface area contributed by atoms with Crippen molar-refractivity contribution in [2.24, 2.45) is 5.92 Å². The molecule has 2 atom stereocenters. The molecule has 184 valence electrons. The summed E-state index contributed by atoms with van der Waals surface area (Å²) in [6.45, 7) is 9.42. The summed E-state index contributed by atoms with van der Waals surface area (Å²) < 4.78 is 10.3. The lowest BCUT2D eigenvalue weighted by Gasteiger charge is -2.36. The Kier molecular flexibility index (Phi) is 9.38. The SMILES string of the molecule is COC(=O)c1ccc(C(=O)[C@@H](O)[C@H](CC(C)C)N(Cc2ccccc2)C(=O)OC(C)(C)C)cc1. The molecule has 0 radical (unpaired) electrons. The van der Waals surface area contributed by atoms with Crippen LogP contribution in [0.1, 0.15) is 67.3 Å². The molecule has 0 heterocycles. The van der Waals surface area contributed by atoms with Crippen molar-refractivity contribution in [3.05, 3.63) is 71.3 Å². The maximum atomic E-state index is 13.2. The quantitative estimate of drug-likeness (QED) is 0.416. The van der Waals surface area contributed by atoms with Crippen LogP contribution < -0.4 is 0 Å². The predicted molar refractivity (Wildman–Crippen MR) is 130 cm³/mol. The standard InChI is InChI=1S/C27H35NO6/c1-18(2)16-22(24(30)23(29)20-12-14-21(15-13-20)25(31)33-6)28(26(32)34-27(3,4)5)17-19-10-8-7-9-11-19/h7-15,18,22,24,30H,16-17H2,1-6H3/t22-,24-/m0/s1.